The minimum absolute atomic E-state index is 0.169. The first-order chi connectivity index (χ1) is 13.5. The van der Waals surface area contributed by atoms with Gasteiger partial charge in [0.15, 0.2) is 5.76 Å². The third-order valence-corrected chi connectivity index (χ3v) is 5.12. The van der Waals surface area contributed by atoms with Crippen molar-refractivity contribution in [3.05, 3.63) is 59.8 Å². The number of carbonyl (C=O) groups is 2. The average molecular weight is 387 g/mol. The third-order valence-electron chi connectivity index (χ3n) is 5.12. The molecule has 1 aliphatic heterocycles. The Morgan fingerprint density at radius 1 is 1.29 bits per heavy atom. The summed E-state index contributed by atoms with van der Waals surface area (Å²) >= 11 is 0. The number of carbonyl (C=O) groups excluding carboxylic acids is 2. The van der Waals surface area contributed by atoms with Gasteiger partial charge in [-0.25, -0.2) is 4.39 Å². The maximum Gasteiger partial charge on any atom is 0.290 e. The van der Waals surface area contributed by atoms with E-state index in [0.717, 1.165) is 18.4 Å². The summed E-state index contributed by atoms with van der Waals surface area (Å²) in [4.78, 5) is 29.1. The van der Waals surface area contributed by atoms with E-state index in [9.17, 15) is 14.0 Å². The molecule has 1 saturated heterocycles. The van der Waals surface area contributed by atoms with Gasteiger partial charge in [-0.3, -0.25) is 9.59 Å². The number of halogens is 1. The number of amides is 2. The van der Waals surface area contributed by atoms with Crippen LogP contribution in [0.5, 0.6) is 0 Å². The maximum absolute atomic E-state index is 13.6. The molecule has 1 aliphatic rings. The van der Waals surface area contributed by atoms with Gasteiger partial charge < -0.3 is 19.5 Å². The fraction of sp³-hybridized carbons (Fsp3) is 0.429. The Labute approximate surface area is 164 Å². The lowest BCUT2D eigenvalue weighted by molar-refractivity contribution is -0.126. The van der Waals surface area contributed by atoms with Crippen molar-refractivity contribution in [2.45, 2.75) is 31.3 Å². The Morgan fingerprint density at radius 2 is 2.11 bits per heavy atom. The largest absolute Gasteiger partial charge is 0.459 e. The number of benzene rings is 1. The summed E-state index contributed by atoms with van der Waals surface area (Å²) in [7, 11) is 3.77. The van der Waals surface area contributed by atoms with Crippen molar-refractivity contribution in [1.29, 1.82) is 0 Å². The molecule has 1 aromatic carbocycles. The van der Waals surface area contributed by atoms with Gasteiger partial charge in [0.1, 0.15) is 11.9 Å². The van der Waals surface area contributed by atoms with Crippen LogP contribution in [0.25, 0.3) is 0 Å². The van der Waals surface area contributed by atoms with E-state index < -0.39 is 6.04 Å². The van der Waals surface area contributed by atoms with Gasteiger partial charge in [0, 0.05) is 13.1 Å². The fourth-order valence-corrected chi connectivity index (χ4v) is 3.62. The molecule has 0 spiro atoms. The summed E-state index contributed by atoms with van der Waals surface area (Å²) in [6, 6.07) is 8.95. The Morgan fingerprint density at radius 3 is 2.79 bits per heavy atom. The van der Waals surface area contributed by atoms with E-state index in [4.69, 9.17) is 4.42 Å². The highest BCUT2D eigenvalue weighted by atomic mass is 19.1. The smallest absolute Gasteiger partial charge is 0.290 e. The first-order valence-electron chi connectivity index (χ1n) is 9.51. The molecule has 6 nitrogen and oxygen atoms in total. The SMILES string of the molecule is CN(C)C(CNC(=O)C1CCCCN1C(=O)c1ccco1)c1cccc(F)c1. The molecule has 2 amide bonds. The van der Waals surface area contributed by atoms with Gasteiger partial charge in [-0.05, 0) is 63.2 Å². The molecule has 0 saturated carbocycles. The van der Waals surface area contributed by atoms with Gasteiger partial charge in [-0.1, -0.05) is 12.1 Å². The van der Waals surface area contributed by atoms with Crippen LogP contribution in [0.3, 0.4) is 0 Å². The molecule has 28 heavy (non-hydrogen) atoms. The van der Waals surface area contributed by atoms with Gasteiger partial charge in [0.05, 0.1) is 12.3 Å². The van der Waals surface area contributed by atoms with Crippen LogP contribution < -0.4 is 5.32 Å². The number of likely N-dealkylation sites (N-methyl/N-ethyl adjacent to an activating group) is 1. The first kappa shape index (κ1) is 20.1. The van der Waals surface area contributed by atoms with Crippen molar-refractivity contribution >= 4 is 11.8 Å². The van der Waals surface area contributed by atoms with E-state index in [1.165, 1.54) is 18.4 Å². The lowest BCUT2D eigenvalue weighted by Gasteiger charge is -2.35. The molecule has 3 rings (SSSR count). The molecule has 0 bridgehead atoms. The quantitative estimate of drug-likeness (QED) is 0.828. The number of furan rings is 1. The Hall–Kier alpha value is -2.67. The minimum atomic E-state index is -0.526. The standard InChI is InChI=1S/C21H26FN3O3/c1-24(2)18(15-7-5-8-16(22)13-15)14-23-20(26)17-9-3-4-11-25(17)21(27)19-10-6-12-28-19/h5-8,10,12-13,17-18H,3-4,9,11,14H2,1-2H3,(H,23,26). The number of piperidine rings is 1. The molecule has 0 aliphatic carbocycles. The summed E-state index contributed by atoms with van der Waals surface area (Å²) in [5.41, 5.74) is 0.789. The van der Waals surface area contributed by atoms with E-state index in [-0.39, 0.29) is 29.4 Å². The minimum Gasteiger partial charge on any atom is -0.459 e. The summed E-state index contributed by atoms with van der Waals surface area (Å²) in [5, 5.41) is 2.95. The van der Waals surface area contributed by atoms with Crippen molar-refractivity contribution in [3.8, 4) is 0 Å². The van der Waals surface area contributed by atoms with Crippen molar-refractivity contribution in [3.63, 3.8) is 0 Å². The number of rotatable bonds is 6. The van der Waals surface area contributed by atoms with E-state index in [0.29, 0.717) is 19.5 Å². The zero-order chi connectivity index (χ0) is 20.1. The first-order valence-corrected chi connectivity index (χ1v) is 9.51. The molecule has 2 unspecified atom stereocenters. The second-order valence-corrected chi connectivity index (χ2v) is 7.27. The fourth-order valence-electron chi connectivity index (χ4n) is 3.62. The Kier molecular flexibility index (Phi) is 6.46. The Bertz CT molecular complexity index is 807. The highest BCUT2D eigenvalue weighted by Crippen LogP contribution is 2.22. The van der Waals surface area contributed by atoms with Gasteiger partial charge in [-0.15, -0.1) is 0 Å². The van der Waals surface area contributed by atoms with E-state index in [1.807, 2.05) is 25.1 Å². The van der Waals surface area contributed by atoms with Crippen LogP contribution in [0, 0.1) is 5.82 Å². The van der Waals surface area contributed by atoms with Crippen LogP contribution in [-0.2, 0) is 4.79 Å². The topological polar surface area (TPSA) is 65.8 Å². The highest BCUT2D eigenvalue weighted by Gasteiger charge is 2.34. The van der Waals surface area contributed by atoms with Crippen LogP contribution in [0.15, 0.2) is 47.1 Å². The predicted octanol–water partition coefficient (Wildman–Crippen LogP) is 2.83. The molecule has 2 heterocycles. The maximum atomic E-state index is 13.6. The van der Waals surface area contributed by atoms with Crippen LogP contribution >= 0.6 is 0 Å². The molecular weight excluding hydrogens is 361 g/mol. The molecule has 1 N–H and O–H groups in total. The Balaban J connectivity index is 1.68. The average Bonchev–Trinajstić information content (AvgIpc) is 3.22. The molecule has 2 aromatic rings. The number of hydrogen-bond donors (Lipinski definition) is 1. The molecule has 0 radical (unpaired) electrons. The van der Waals surface area contributed by atoms with Crippen LogP contribution in [0.4, 0.5) is 4.39 Å². The lowest BCUT2D eigenvalue weighted by Crippen LogP contribution is -2.52. The second kappa shape index (κ2) is 9.01. The molecule has 1 fully saturated rings. The van der Waals surface area contributed by atoms with Gasteiger partial charge in [-0.2, -0.15) is 0 Å². The zero-order valence-corrected chi connectivity index (χ0v) is 16.2. The van der Waals surface area contributed by atoms with Crippen LogP contribution in [0.1, 0.15) is 41.4 Å². The monoisotopic (exact) mass is 387 g/mol. The molecular formula is C21H26FN3O3. The second-order valence-electron chi connectivity index (χ2n) is 7.27. The normalized spacial score (nSPS) is 18.1. The highest BCUT2D eigenvalue weighted by molar-refractivity contribution is 5.95. The van der Waals surface area contributed by atoms with Crippen molar-refractivity contribution in [2.24, 2.45) is 0 Å². The molecule has 150 valence electrons. The molecule has 7 heteroatoms. The number of hydrogen-bond acceptors (Lipinski definition) is 4. The molecule has 2 atom stereocenters. The van der Waals surface area contributed by atoms with Gasteiger partial charge >= 0.3 is 0 Å². The molecule has 1 aromatic heterocycles. The number of nitrogens with one attached hydrogen (secondary N) is 1. The summed E-state index contributed by atoms with van der Waals surface area (Å²) in [6.45, 7) is 0.854. The van der Waals surface area contributed by atoms with Crippen molar-refractivity contribution < 1.29 is 18.4 Å². The van der Waals surface area contributed by atoms with Crippen LogP contribution in [0.2, 0.25) is 0 Å². The van der Waals surface area contributed by atoms with Gasteiger partial charge in [0.2, 0.25) is 5.91 Å². The summed E-state index contributed by atoms with van der Waals surface area (Å²) < 4.78 is 18.8. The lowest BCUT2D eigenvalue weighted by atomic mass is 10.00. The van der Waals surface area contributed by atoms with E-state index in [1.54, 1.807) is 23.1 Å². The number of nitrogens with zero attached hydrogens (tertiary/aromatic N) is 2. The van der Waals surface area contributed by atoms with E-state index in [2.05, 4.69) is 5.32 Å². The van der Waals surface area contributed by atoms with E-state index >= 15 is 0 Å². The predicted molar refractivity (Wildman–Crippen MR) is 103 cm³/mol. The summed E-state index contributed by atoms with van der Waals surface area (Å²) in [5.74, 6) is -0.522. The zero-order valence-electron chi connectivity index (χ0n) is 16.2. The van der Waals surface area contributed by atoms with Crippen molar-refractivity contribution in [1.82, 2.24) is 15.1 Å². The summed E-state index contributed by atoms with van der Waals surface area (Å²) in [6.07, 6.45) is 3.82. The number of likely N-dealkylation sites (tertiary alicyclic amines) is 1. The van der Waals surface area contributed by atoms with Gasteiger partial charge in [0.25, 0.3) is 5.91 Å². The third kappa shape index (κ3) is 4.59. The van der Waals surface area contributed by atoms with Crippen molar-refractivity contribution in [2.75, 3.05) is 27.2 Å². The van der Waals surface area contributed by atoms with Crippen LogP contribution in [-0.4, -0.2) is 54.8 Å².